The number of piperidine rings is 1. The van der Waals surface area contributed by atoms with E-state index >= 15 is 0 Å². The summed E-state index contributed by atoms with van der Waals surface area (Å²) in [7, 11) is 0. The summed E-state index contributed by atoms with van der Waals surface area (Å²) in [6, 6.07) is 4.27. The monoisotopic (exact) mass is 358 g/mol. The van der Waals surface area contributed by atoms with Gasteiger partial charge in [-0.25, -0.2) is 9.97 Å². The van der Waals surface area contributed by atoms with Gasteiger partial charge in [0.25, 0.3) is 0 Å². The highest BCUT2D eigenvalue weighted by atomic mass is 32.2. The van der Waals surface area contributed by atoms with E-state index in [4.69, 9.17) is 4.42 Å². The van der Waals surface area contributed by atoms with Gasteiger partial charge in [-0.15, -0.1) is 0 Å². The summed E-state index contributed by atoms with van der Waals surface area (Å²) in [6.07, 6.45) is 7.52. The van der Waals surface area contributed by atoms with E-state index < -0.39 is 0 Å². The van der Waals surface area contributed by atoms with Crippen molar-refractivity contribution in [3.63, 3.8) is 0 Å². The number of rotatable bonds is 4. The Morgan fingerprint density at radius 2 is 2.08 bits per heavy atom. The molecule has 2 aliphatic heterocycles. The fourth-order valence-electron chi connectivity index (χ4n) is 3.66. The molecule has 4 rings (SSSR count). The average molecular weight is 359 g/mol. The molecule has 0 bridgehead atoms. The minimum atomic E-state index is 0.841. The summed E-state index contributed by atoms with van der Waals surface area (Å²) in [4.78, 5) is 13.9. The van der Waals surface area contributed by atoms with Gasteiger partial charge in [0, 0.05) is 50.4 Å². The van der Waals surface area contributed by atoms with Crippen molar-refractivity contribution in [1.82, 2.24) is 14.9 Å². The number of furan rings is 1. The molecule has 0 atom stereocenters. The lowest BCUT2D eigenvalue weighted by Crippen LogP contribution is -2.32. The molecule has 1 fully saturated rings. The minimum absolute atomic E-state index is 0.841. The first-order valence-corrected chi connectivity index (χ1v) is 10.4. The summed E-state index contributed by atoms with van der Waals surface area (Å²) in [5.74, 6) is 2.93. The van der Waals surface area contributed by atoms with Gasteiger partial charge in [-0.2, -0.15) is 0 Å². The summed E-state index contributed by atoms with van der Waals surface area (Å²) in [5.41, 5.74) is 2.46. The van der Waals surface area contributed by atoms with Gasteiger partial charge >= 0.3 is 0 Å². The first kappa shape index (κ1) is 16.9. The van der Waals surface area contributed by atoms with Gasteiger partial charge in [-0.3, -0.25) is 4.90 Å². The van der Waals surface area contributed by atoms with Crippen molar-refractivity contribution in [3.8, 4) is 0 Å². The van der Waals surface area contributed by atoms with Gasteiger partial charge in [-0.1, -0.05) is 18.7 Å². The van der Waals surface area contributed by atoms with Gasteiger partial charge in [-0.05, 0) is 31.1 Å². The van der Waals surface area contributed by atoms with Crippen LogP contribution in [0.2, 0.25) is 0 Å². The van der Waals surface area contributed by atoms with Crippen LogP contribution in [-0.4, -0.2) is 40.8 Å². The Hall–Kier alpha value is -1.53. The van der Waals surface area contributed by atoms with Crippen LogP contribution in [0, 0.1) is 5.92 Å². The van der Waals surface area contributed by atoms with Crippen LogP contribution in [0.3, 0.4) is 0 Å². The molecular weight excluding hydrogens is 332 g/mol. The van der Waals surface area contributed by atoms with Gasteiger partial charge in [0.05, 0.1) is 12.2 Å². The van der Waals surface area contributed by atoms with E-state index in [1.165, 1.54) is 24.1 Å². The smallest absolute Gasteiger partial charge is 0.195 e. The van der Waals surface area contributed by atoms with Crippen molar-refractivity contribution in [2.45, 2.75) is 44.4 Å². The Morgan fingerprint density at radius 3 is 2.88 bits per heavy atom. The zero-order chi connectivity index (χ0) is 17.2. The Bertz CT molecular complexity index is 724. The van der Waals surface area contributed by atoms with E-state index in [9.17, 15) is 0 Å². The third-order valence-electron chi connectivity index (χ3n) is 5.30. The molecule has 5 nitrogen and oxygen atoms in total. The predicted octanol–water partition coefficient (Wildman–Crippen LogP) is 3.59. The Balaban J connectivity index is 1.38. The zero-order valence-corrected chi connectivity index (χ0v) is 15.9. The van der Waals surface area contributed by atoms with Crippen LogP contribution in [0.25, 0.3) is 0 Å². The van der Waals surface area contributed by atoms with Crippen molar-refractivity contribution < 1.29 is 4.42 Å². The SMILES string of the molecule is CSc1ncc2c(n1)CCN(Cc1ccc(N3CCC(C)CC3)o1)C2. The molecule has 0 saturated carbocycles. The quantitative estimate of drug-likeness (QED) is 0.615. The fourth-order valence-corrected chi connectivity index (χ4v) is 4.02. The van der Waals surface area contributed by atoms with Crippen LogP contribution < -0.4 is 4.90 Å². The standard InChI is InChI=1S/C19H26N4OS/c1-14-5-9-23(10-6-14)18-4-3-16(24-18)13-22-8-7-17-15(12-22)11-20-19(21-17)25-2/h3-4,11,14H,5-10,12-13H2,1-2H3. The lowest BCUT2D eigenvalue weighted by atomic mass is 9.99. The van der Waals surface area contributed by atoms with E-state index in [0.29, 0.717) is 0 Å². The number of hydrogen-bond acceptors (Lipinski definition) is 6. The molecule has 134 valence electrons. The normalized spacial score (nSPS) is 19.2. The van der Waals surface area contributed by atoms with E-state index in [1.807, 2.05) is 12.5 Å². The van der Waals surface area contributed by atoms with Crippen LogP contribution in [0.15, 0.2) is 27.9 Å². The van der Waals surface area contributed by atoms with Gasteiger partial charge < -0.3 is 9.32 Å². The lowest BCUT2D eigenvalue weighted by Gasteiger charge is -2.30. The van der Waals surface area contributed by atoms with Crippen molar-refractivity contribution in [3.05, 3.63) is 35.3 Å². The first-order chi connectivity index (χ1) is 12.2. The molecule has 0 aliphatic carbocycles. The average Bonchev–Trinajstić information content (AvgIpc) is 3.10. The van der Waals surface area contributed by atoms with E-state index in [1.54, 1.807) is 11.8 Å². The molecule has 1 saturated heterocycles. The van der Waals surface area contributed by atoms with Crippen molar-refractivity contribution in [2.24, 2.45) is 5.92 Å². The highest BCUT2D eigenvalue weighted by Crippen LogP contribution is 2.26. The van der Waals surface area contributed by atoms with Crippen molar-refractivity contribution in [1.29, 1.82) is 0 Å². The largest absolute Gasteiger partial charge is 0.444 e. The van der Waals surface area contributed by atoms with Crippen LogP contribution >= 0.6 is 11.8 Å². The molecule has 0 unspecified atom stereocenters. The number of nitrogens with zero attached hydrogens (tertiary/aromatic N) is 4. The van der Waals surface area contributed by atoms with E-state index in [0.717, 1.165) is 61.9 Å². The molecule has 0 amide bonds. The van der Waals surface area contributed by atoms with Crippen LogP contribution in [0.1, 0.15) is 36.8 Å². The lowest BCUT2D eigenvalue weighted by molar-refractivity contribution is 0.223. The number of thioether (sulfide) groups is 1. The number of hydrogen-bond donors (Lipinski definition) is 0. The van der Waals surface area contributed by atoms with Crippen LogP contribution in [-0.2, 0) is 19.5 Å². The fraction of sp³-hybridized carbons (Fsp3) is 0.579. The van der Waals surface area contributed by atoms with E-state index in [2.05, 4.69) is 38.8 Å². The summed E-state index contributed by atoms with van der Waals surface area (Å²) in [5, 5.41) is 0.874. The molecule has 2 aromatic rings. The second-order valence-corrected chi connectivity index (χ2v) is 7.97. The van der Waals surface area contributed by atoms with Crippen LogP contribution in [0.4, 0.5) is 5.88 Å². The molecule has 2 aromatic heterocycles. The van der Waals surface area contributed by atoms with Crippen molar-refractivity contribution >= 4 is 17.6 Å². The molecule has 0 aromatic carbocycles. The Labute approximate surface area is 153 Å². The molecule has 0 radical (unpaired) electrons. The topological polar surface area (TPSA) is 45.4 Å². The minimum Gasteiger partial charge on any atom is -0.444 e. The zero-order valence-electron chi connectivity index (χ0n) is 15.1. The predicted molar refractivity (Wildman–Crippen MR) is 101 cm³/mol. The molecule has 0 spiro atoms. The van der Waals surface area contributed by atoms with Gasteiger partial charge in [0.1, 0.15) is 5.76 Å². The second-order valence-electron chi connectivity index (χ2n) is 7.20. The summed E-state index contributed by atoms with van der Waals surface area (Å²) >= 11 is 1.61. The van der Waals surface area contributed by atoms with E-state index in [-0.39, 0.29) is 0 Å². The summed E-state index contributed by atoms with van der Waals surface area (Å²) < 4.78 is 6.14. The van der Waals surface area contributed by atoms with Crippen LogP contribution in [0.5, 0.6) is 0 Å². The number of anilines is 1. The molecular formula is C19H26N4OS. The highest BCUT2D eigenvalue weighted by molar-refractivity contribution is 7.98. The second kappa shape index (κ2) is 7.38. The maximum atomic E-state index is 6.14. The number of aromatic nitrogens is 2. The third-order valence-corrected chi connectivity index (χ3v) is 5.86. The Kier molecular flexibility index (Phi) is 4.99. The first-order valence-electron chi connectivity index (χ1n) is 9.16. The maximum absolute atomic E-state index is 6.14. The third kappa shape index (κ3) is 3.85. The molecule has 25 heavy (non-hydrogen) atoms. The van der Waals surface area contributed by atoms with Gasteiger partial charge in [0.15, 0.2) is 11.0 Å². The molecule has 4 heterocycles. The summed E-state index contributed by atoms with van der Waals surface area (Å²) in [6.45, 7) is 7.34. The number of fused-ring (bicyclic) bond motifs is 1. The highest BCUT2D eigenvalue weighted by Gasteiger charge is 2.21. The van der Waals surface area contributed by atoms with Gasteiger partial charge in [0.2, 0.25) is 0 Å². The van der Waals surface area contributed by atoms with Crippen molar-refractivity contribution in [2.75, 3.05) is 30.8 Å². The molecule has 0 N–H and O–H groups in total. The maximum Gasteiger partial charge on any atom is 0.195 e. The molecule has 6 heteroatoms. The Morgan fingerprint density at radius 1 is 1.24 bits per heavy atom. The molecule has 2 aliphatic rings.